The first-order valence-corrected chi connectivity index (χ1v) is 7.18. The Balaban J connectivity index is 2.12. The van der Waals surface area contributed by atoms with Crippen molar-refractivity contribution in [2.45, 2.75) is 26.9 Å². The summed E-state index contributed by atoms with van der Waals surface area (Å²) in [7, 11) is 0. The lowest BCUT2D eigenvalue weighted by Gasteiger charge is -2.05. The highest BCUT2D eigenvalue weighted by atomic mass is 35.5. The van der Waals surface area contributed by atoms with E-state index in [9.17, 15) is 4.79 Å². The van der Waals surface area contributed by atoms with E-state index in [4.69, 9.17) is 16.3 Å². The summed E-state index contributed by atoms with van der Waals surface area (Å²) in [5.74, 6) is 0.681. The molecular formula is C14H14ClNO2S. The number of Topliss-reactive ketones (excluding diaryl/α,β-unsaturated/α-hetero) is 1. The molecule has 100 valence electrons. The van der Waals surface area contributed by atoms with Crippen molar-refractivity contribution in [1.29, 1.82) is 0 Å². The number of thiazole rings is 1. The van der Waals surface area contributed by atoms with Crippen molar-refractivity contribution in [2.75, 3.05) is 0 Å². The van der Waals surface area contributed by atoms with E-state index in [0.717, 1.165) is 22.0 Å². The quantitative estimate of drug-likeness (QED) is 0.778. The van der Waals surface area contributed by atoms with E-state index in [-0.39, 0.29) is 5.78 Å². The predicted octanol–water partition coefficient (Wildman–Crippen LogP) is 4.14. The average Bonchev–Trinajstić information content (AvgIpc) is 2.81. The van der Waals surface area contributed by atoms with Crippen LogP contribution in [0, 0.1) is 0 Å². The number of rotatable bonds is 5. The zero-order valence-electron chi connectivity index (χ0n) is 10.8. The van der Waals surface area contributed by atoms with Crippen molar-refractivity contribution in [2.24, 2.45) is 0 Å². The third kappa shape index (κ3) is 3.33. The van der Waals surface area contributed by atoms with Crippen LogP contribution in [0.15, 0.2) is 24.3 Å². The Kier molecular flexibility index (Phi) is 4.56. The van der Waals surface area contributed by atoms with Crippen molar-refractivity contribution in [3.8, 4) is 5.75 Å². The van der Waals surface area contributed by atoms with Gasteiger partial charge in [0.1, 0.15) is 17.4 Å². The van der Waals surface area contributed by atoms with Gasteiger partial charge in [0.05, 0.1) is 15.6 Å². The van der Waals surface area contributed by atoms with Crippen LogP contribution in [0.4, 0.5) is 0 Å². The van der Waals surface area contributed by atoms with Gasteiger partial charge in [0.25, 0.3) is 0 Å². The third-order valence-corrected chi connectivity index (χ3v) is 4.07. The van der Waals surface area contributed by atoms with Crippen LogP contribution in [0.25, 0.3) is 0 Å². The summed E-state index contributed by atoms with van der Waals surface area (Å²) in [6.07, 6.45) is 0.748. The lowest BCUT2D eigenvalue weighted by atomic mass is 10.2. The van der Waals surface area contributed by atoms with Gasteiger partial charge in [0.15, 0.2) is 5.78 Å². The number of benzene rings is 1. The molecule has 0 atom stereocenters. The smallest absolute Gasteiger partial charge is 0.171 e. The molecule has 0 spiro atoms. The van der Waals surface area contributed by atoms with Crippen molar-refractivity contribution in [3.05, 3.63) is 44.9 Å². The number of ether oxygens (including phenoxy) is 1. The number of ketones is 1. The minimum Gasteiger partial charge on any atom is -0.485 e. The molecule has 0 amide bonds. The first-order chi connectivity index (χ1) is 9.11. The topological polar surface area (TPSA) is 39.2 Å². The molecule has 0 N–H and O–H groups in total. The minimum absolute atomic E-state index is 0.0540. The molecule has 3 nitrogen and oxygen atoms in total. The fraction of sp³-hybridized carbons (Fsp3) is 0.286. The van der Waals surface area contributed by atoms with Gasteiger partial charge >= 0.3 is 0 Å². The Labute approximate surface area is 121 Å². The highest BCUT2D eigenvalue weighted by molar-refractivity contribution is 7.13. The average molecular weight is 296 g/mol. The van der Waals surface area contributed by atoms with Gasteiger partial charge in [-0.05, 0) is 18.6 Å². The van der Waals surface area contributed by atoms with Gasteiger partial charge in [0.2, 0.25) is 0 Å². The van der Waals surface area contributed by atoms with E-state index in [1.165, 1.54) is 11.3 Å². The van der Waals surface area contributed by atoms with Gasteiger partial charge in [-0.1, -0.05) is 30.7 Å². The molecule has 0 saturated carbocycles. The summed E-state index contributed by atoms with van der Waals surface area (Å²) in [5.41, 5.74) is 0.843. The SMILES string of the molecule is CCc1nc(COc2ccccc2Cl)sc1C(C)=O. The van der Waals surface area contributed by atoms with Gasteiger partial charge < -0.3 is 4.74 Å². The Morgan fingerprint density at radius 3 is 2.74 bits per heavy atom. The van der Waals surface area contributed by atoms with E-state index < -0.39 is 0 Å². The maximum Gasteiger partial charge on any atom is 0.171 e. The van der Waals surface area contributed by atoms with Crippen LogP contribution in [0.3, 0.4) is 0 Å². The Hall–Kier alpha value is -1.39. The lowest BCUT2D eigenvalue weighted by Crippen LogP contribution is -1.96. The number of aryl methyl sites for hydroxylation is 1. The molecule has 0 unspecified atom stereocenters. The van der Waals surface area contributed by atoms with E-state index in [2.05, 4.69) is 4.98 Å². The van der Waals surface area contributed by atoms with Crippen molar-refractivity contribution in [1.82, 2.24) is 4.98 Å². The number of aromatic nitrogens is 1. The second kappa shape index (κ2) is 6.17. The molecule has 0 aliphatic carbocycles. The van der Waals surface area contributed by atoms with Crippen LogP contribution in [-0.4, -0.2) is 10.8 Å². The van der Waals surface area contributed by atoms with Gasteiger partial charge in [0, 0.05) is 6.92 Å². The van der Waals surface area contributed by atoms with Gasteiger partial charge in [-0.3, -0.25) is 4.79 Å². The maximum absolute atomic E-state index is 11.5. The summed E-state index contributed by atoms with van der Waals surface area (Å²) in [5, 5.41) is 1.36. The standard InChI is InChI=1S/C14H14ClNO2S/c1-3-11-14(9(2)17)19-13(16-11)8-18-12-7-5-4-6-10(12)15/h4-7H,3,8H2,1-2H3. The van der Waals surface area contributed by atoms with Crippen molar-refractivity contribution >= 4 is 28.7 Å². The second-order valence-corrected chi connectivity index (χ2v) is 5.50. The largest absolute Gasteiger partial charge is 0.485 e. The van der Waals surface area contributed by atoms with E-state index >= 15 is 0 Å². The summed E-state index contributed by atoms with van der Waals surface area (Å²) < 4.78 is 5.62. The maximum atomic E-state index is 11.5. The molecule has 2 rings (SSSR count). The first-order valence-electron chi connectivity index (χ1n) is 5.98. The monoisotopic (exact) mass is 295 g/mol. The van der Waals surface area contributed by atoms with E-state index in [0.29, 0.717) is 17.4 Å². The molecule has 2 aromatic rings. The molecule has 1 heterocycles. The van der Waals surface area contributed by atoms with Crippen LogP contribution in [0.1, 0.15) is 34.2 Å². The highest BCUT2D eigenvalue weighted by Gasteiger charge is 2.14. The van der Waals surface area contributed by atoms with Gasteiger partial charge in [-0.25, -0.2) is 4.98 Å². The van der Waals surface area contributed by atoms with Crippen LogP contribution < -0.4 is 4.74 Å². The molecule has 0 aliphatic rings. The summed E-state index contributed by atoms with van der Waals surface area (Å²) >= 11 is 7.40. The summed E-state index contributed by atoms with van der Waals surface area (Å²) in [4.78, 5) is 16.6. The van der Waals surface area contributed by atoms with Crippen LogP contribution in [0.5, 0.6) is 5.75 Å². The summed E-state index contributed by atoms with van der Waals surface area (Å²) in [6.45, 7) is 3.88. The third-order valence-electron chi connectivity index (χ3n) is 2.58. The minimum atomic E-state index is 0.0540. The number of para-hydroxylation sites is 1. The second-order valence-electron chi connectivity index (χ2n) is 4.01. The van der Waals surface area contributed by atoms with Gasteiger partial charge in [-0.15, -0.1) is 11.3 Å². The lowest BCUT2D eigenvalue weighted by molar-refractivity contribution is 0.102. The molecule has 1 aromatic carbocycles. The molecule has 0 fully saturated rings. The Morgan fingerprint density at radius 1 is 1.42 bits per heavy atom. The van der Waals surface area contributed by atoms with Crippen LogP contribution in [0.2, 0.25) is 5.02 Å². The number of halogens is 1. The Morgan fingerprint density at radius 2 is 2.16 bits per heavy atom. The van der Waals surface area contributed by atoms with E-state index in [1.807, 2.05) is 25.1 Å². The molecule has 0 aliphatic heterocycles. The number of hydrogen-bond donors (Lipinski definition) is 0. The van der Waals surface area contributed by atoms with Crippen LogP contribution in [-0.2, 0) is 13.0 Å². The van der Waals surface area contributed by atoms with Crippen LogP contribution >= 0.6 is 22.9 Å². The Bertz CT molecular complexity index is 595. The van der Waals surface area contributed by atoms with Crippen molar-refractivity contribution in [3.63, 3.8) is 0 Å². The first kappa shape index (κ1) is 14.0. The van der Waals surface area contributed by atoms with Crippen molar-refractivity contribution < 1.29 is 9.53 Å². The number of hydrogen-bond acceptors (Lipinski definition) is 4. The molecule has 0 saturated heterocycles. The van der Waals surface area contributed by atoms with E-state index in [1.54, 1.807) is 13.0 Å². The highest BCUT2D eigenvalue weighted by Crippen LogP contribution is 2.26. The molecule has 0 bridgehead atoms. The fourth-order valence-corrected chi connectivity index (χ4v) is 2.83. The zero-order chi connectivity index (χ0) is 13.8. The zero-order valence-corrected chi connectivity index (χ0v) is 12.3. The summed E-state index contributed by atoms with van der Waals surface area (Å²) in [6, 6.07) is 7.29. The molecule has 1 aromatic heterocycles. The predicted molar refractivity (Wildman–Crippen MR) is 77.3 cm³/mol. The number of carbonyl (C=O) groups is 1. The molecule has 0 radical (unpaired) electrons. The molecule has 19 heavy (non-hydrogen) atoms. The van der Waals surface area contributed by atoms with Gasteiger partial charge in [-0.2, -0.15) is 0 Å². The molecular weight excluding hydrogens is 282 g/mol. The molecule has 5 heteroatoms. The normalized spacial score (nSPS) is 10.5. The fourth-order valence-electron chi connectivity index (χ4n) is 1.68. The number of nitrogens with zero attached hydrogens (tertiary/aromatic N) is 1. The number of carbonyl (C=O) groups excluding carboxylic acids is 1.